The van der Waals surface area contributed by atoms with E-state index < -0.39 is 39.0 Å². The van der Waals surface area contributed by atoms with Crippen LogP contribution < -0.4 is 0 Å². The zero-order chi connectivity index (χ0) is 14.0. The summed E-state index contributed by atoms with van der Waals surface area (Å²) in [6, 6.07) is 1.82. The molecule has 0 amide bonds. The Labute approximate surface area is 102 Å². The Balaban J connectivity index is 3.18. The molecule has 0 aromatic heterocycles. The minimum Gasteiger partial charge on any atom is -0.270 e. The molecule has 102 valence electrons. The zero-order valence-corrected chi connectivity index (χ0v) is 10.1. The second kappa shape index (κ2) is 5.23. The first kappa shape index (κ1) is 14.9. The molecule has 0 N–H and O–H groups in total. The Kier molecular flexibility index (Phi) is 4.33. The van der Waals surface area contributed by atoms with Gasteiger partial charge in [0.1, 0.15) is 11.6 Å². The molecule has 1 aromatic rings. The van der Waals surface area contributed by atoms with Crippen LogP contribution >= 0.6 is 0 Å². The SMILES string of the molecule is CCOS(=O)(=O)Cc1ccc(F)cc1C(F)(F)F. The van der Waals surface area contributed by atoms with Gasteiger partial charge < -0.3 is 0 Å². The summed E-state index contributed by atoms with van der Waals surface area (Å²) in [6.45, 7) is 1.22. The van der Waals surface area contributed by atoms with Gasteiger partial charge in [0.2, 0.25) is 0 Å². The molecule has 0 radical (unpaired) electrons. The smallest absolute Gasteiger partial charge is 0.270 e. The monoisotopic (exact) mass is 286 g/mol. The van der Waals surface area contributed by atoms with Crippen molar-refractivity contribution in [2.24, 2.45) is 0 Å². The average molecular weight is 286 g/mol. The molecule has 1 aromatic carbocycles. The summed E-state index contributed by atoms with van der Waals surface area (Å²) in [7, 11) is -4.10. The van der Waals surface area contributed by atoms with E-state index in [9.17, 15) is 26.0 Å². The molecule has 0 saturated carbocycles. The van der Waals surface area contributed by atoms with Crippen molar-refractivity contribution in [3.8, 4) is 0 Å². The summed E-state index contributed by atoms with van der Waals surface area (Å²) in [6.07, 6.45) is -4.82. The molecule has 0 unspecified atom stereocenters. The lowest BCUT2D eigenvalue weighted by Crippen LogP contribution is -2.15. The molecule has 0 fully saturated rings. The largest absolute Gasteiger partial charge is 0.416 e. The molecular formula is C10H10F4O3S. The third-order valence-electron chi connectivity index (χ3n) is 2.01. The van der Waals surface area contributed by atoms with Crippen molar-refractivity contribution < 1.29 is 30.2 Å². The van der Waals surface area contributed by atoms with E-state index in [2.05, 4.69) is 4.18 Å². The Morgan fingerprint density at radius 1 is 1.28 bits per heavy atom. The predicted molar refractivity (Wildman–Crippen MR) is 55.7 cm³/mol. The first-order valence-corrected chi connectivity index (χ1v) is 6.46. The van der Waals surface area contributed by atoms with E-state index in [1.54, 1.807) is 0 Å². The number of benzene rings is 1. The molecule has 0 aliphatic heterocycles. The summed E-state index contributed by atoms with van der Waals surface area (Å²) in [5.41, 5.74) is -1.86. The predicted octanol–water partition coefficient (Wildman–Crippen LogP) is 2.71. The van der Waals surface area contributed by atoms with Crippen LogP contribution in [0.25, 0.3) is 0 Å². The highest BCUT2D eigenvalue weighted by Gasteiger charge is 2.34. The van der Waals surface area contributed by atoms with Gasteiger partial charge in [-0.15, -0.1) is 0 Å². The maximum absolute atomic E-state index is 12.8. The van der Waals surface area contributed by atoms with Gasteiger partial charge in [0.25, 0.3) is 10.1 Å². The minimum atomic E-state index is -4.82. The minimum absolute atomic E-state index is 0.176. The average Bonchev–Trinajstić information content (AvgIpc) is 2.18. The maximum Gasteiger partial charge on any atom is 0.416 e. The fourth-order valence-electron chi connectivity index (χ4n) is 1.35. The van der Waals surface area contributed by atoms with Crippen LogP contribution in [0.3, 0.4) is 0 Å². The van der Waals surface area contributed by atoms with Gasteiger partial charge in [0.15, 0.2) is 0 Å². The van der Waals surface area contributed by atoms with Crippen molar-refractivity contribution in [1.29, 1.82) is 0 Å². The number of rotatable bonds is 4. The Morgan fingerprint density at radius 3 is 2.39 bits per heavy atom. The van der Waals surface area contributed by atoms with E-state index in [0.717, 1.165) is 12.1 Å². The van der Waals surface area contributed by atoms with Gasteiger partial charge in [-0.2, -0.15) is 21.6 Å². The van der Waals surface area contributed by atoms with E-state index in [1.165, 1.54) is 6.92 Å². The van der Waals surface area contributed by atoms with E-state index in [-0.39, 0.29) is 12.7 Å². The van der Waals surface area contributed by atoms with Crippen molar-refractivity contribution in [3.63, 3.8) is 0 Å². The van der Waals surface area contributed by atoms with Crippen LogP contribution in [0.1, 0.15) is 18.1 Å². The third kappa shape index (κ3) is 3.95. The molecule has 0 atom stereocenters. The van der Waals surface area contributed by atoms with Crippen molar-refractivity contribution >= 4 is 10.1 Å². The summed E-state index contributed by atoms with van der Waals surface area (Å²) in [5, 5.41) is 0. The molecule has 0 spiro atoms. The van der Waals surface area contributed by atoms with E-state index in [0.29, 0.717) is 0 Å². The molecule has 8 heteroatoms. The van der Waals surface area contributed by atoms with E-state index in [1.807, 2.05) is 0 Å². The Hall–Kier alpha value is -1.15. The van der Waals surface area contributed by atoms with Crippen LogP contribution in [0.15, 0.2) is 18.2 Å². The molecule has 0 bridgehead atoms. The fraction of sp³-hybridized carbons (Fsp3) is 0.400. The fourth-order valence-corrected chi connectivity index (χ4v) is 2.43. The van der Waals surface area contributed by atoms with Gasteiger partial charge in [-0.05, 0) is 24.6 Å². The molecule has 1 rings (SSSR count). The maximum atomic E-state index is 12.8. The molecule has 0 heterocycles. The van der Waals surface area contributed by atoms with Crippen LogP contribution in [0.5, 0.6) is 0 Å². The van der Waals surface area contributed by atoms with Crippen LogP contribution in [-0.2, 0) is 26.2 Å². The van der Waals surface area contributed by atoms with Crippen LogP contribution in [-0.4, -0.2) is 15.0 Å². The normalized spacial score (nSPS) is 12.7. The first-order valence-electron chi connectivity index (χ1n) is 4.88. The lowest BCUT2D eigenvalue weighted by molar-refractivity contribution is -0.138. The molecule has 18 heavy (non-hydrogen) atoms. The molecular weight excluding hydrogens is 276 g/mol. The summed E-state index contributed by atoms with van der Waals surface area (Å²) >= 11 is 0. The molecule has 0 aliphatic rings. The number of halogens is 4. The summed E-state index contributed by atoms with van der Waals surface area (Å²) in [4.78, 5) is 0. The van der Waals surface area contributed by atoms with Crippen molar-refractivity contribution in [3.05, 3.63) is 35.1 Å². The number of hydrogen-bond donors (Lipinski definition) is 0. The summed E-state index contributed by atoms with van der Waals surface area (Å²) < 4.78 is 77.4. The van der Waals surface area contributed by atoms with Gasteiger partial charge in [0.05, 0.1) is 12.2 Å². The van der Waals surface area contributed by atoms with Crippen molar-refractivity contribution in [1.82, 2.24) is 0 Å². The van der Waals surface area contributed by atoms with Crippen molar-refractivity contribution in [2.75, 3.05) is 6.61 Å². The Bertz CT molecular complexity index is 522. The van der Waals surface area contributed by atoms with Crippen LogP contribution in [0.2, 0.25) is 0 Å². The highest BCUT2D eigenvalue weighted by molar-refractivity contribution is 7.85. The van der Waals surface area contributed by atoms with Gasteiger partial charge in [-0.25, -0.2) is 4.39 Å². The lowest BCUT2D eigenvalue weighted by Gasteiger charge is -2.12. The third-order valence-corrected chi connectivity index (χ3v) is 3.27. The van der Waals surface area contributed by atoms with E-state index >= 15 is 0 Å². The second-order valence-electron chi connectivity index (χ2n) is 3.41. The van der Waals surface area contributed by atoms with Gasteiger partial charge in [0, 0.05) is 0 Å². The quantitative estimate of drug-likeness (QED) is 0.631. The van der Waals surface area contributed by atoms with E-state index in [4.69, 9.17) is 0 Å². The summed E-state index contributed by atoms with van der Waals surface area (Å²) in [5.74, 6) is -2.03. The zero-order valence-electron chi connectivity index (χ0n) is 9.29. The lowest BCUT2D eigenvalue weighted by atomic mass is 10.1. The van der Waals surface area contributed by atoms with Gasteiger partial charge in [-0.1, -0.05) is 6.07 Å². The van der Waals surface area contributed by atoms with Crippen LogP contribution in [0, 0.1) is 5.82 Å². The second-order valence-corrected chi connectivity index (χ2v) is 5.05. The van der Waals surface area contributed by atoms with Gasteiger partial charge >= 0.3 is 6.18 Å². The first-order chi connectivity index (χ1) is 8.15. The molecule has 3 nitrogen and oxygen atoms in total. The standard InChI is InChI=1S/C10H10F4O3S/c1-2-17-18(15,16)6-7-3-4-8(11)5-9(7)10(12,13)14/h3-5H,2,6H2,1H3. The molecule has 0 aliphatic carbocycles. The highest BCUT2D eigenvalue weighted by atomic mass is 32.2. The van der Waals surface area contributed by atoms with Crippen LogP contribution in [0.4, 0.5) is 17.6 Å². The highest BCUT2D eigenvalue weighted by Crippen LogP contribution is 2.33. The number of alkyl halides is 3. The van der Waals surface area contributed by atoms with Gasteiger partial charge in [-0.3, -0.25) is 4.18 Å². The topological polar surface area (TPSA) is 43.4 Å². The Morgan fingerprint density at radius 2 is 1.89 bits per heavy atom. The van der Waals surface area contributed by atoms with Crippen molar-refractivity contribution in [2.45, 2.75) is 18.9 Å². The number of hydrogen-bond acceptors (Lipinski definition) is 3. The molecule has 0 saturated heterocycles.